The third-order valence-electron chi connectivity index (χ3n) is 5.73. The van der Waals surface area contributed by atoms with Gasteiger partial charge in [-0.05, 0) is 31.1 Å². The first-order valence-corrected chi connectivity index (χ1v) is 12.2. The van der Waals surface area contributed by atoms with Crippen LogP contribution in [0.25, 0.3) is 11.2 Å². The Hall–Kier alpha value is -3.51. The largest absolute Gasteiger partial charge is 0.480 e. The van der Waals surface area contributed by atoms with Crippen LogP contribution in [0.4, 0.5) is 5.95 Å². The highest BCUT2D eigenvalue weighted by atomic mass is 31.2. The van der Waals surface area contributed by atoms with Gasteiger partial charge >= 0.3 is 13.7 Å². The first kappa shape index (κ1) is 24.6. The molecule has 4 rings (SSSR count). The molecule has 186 valence electrons. The van der Waals surface area contributed by atoms with Gasteiger partial charge in [0.15, 0.2) is 11.2 Å². The molecule has 3 aromatic rings. The molecule has 13 nitrogen and oxygen atoms in total. The molecular weight excluding hydrogens is 479 g/mol. The molecule has 0 spiro atoms. The van der Waals surface area contributed by atoms with Gasteiger partial charge < -0.3 is 25.0 Å². The fourth-order valence-corrected chi connectivity index (χ4v) is 5.42. The first-order chi connectivity index (χ1) is 16.6. The zero-order valence-corrected chi connectivity index (χ0v) is 19.6. The zero-order chi connectivity index (χ0) is 25.3. The Balaban J connectivity index is 1.55. The molecule has 6 N–H and O–H groups in total. The Morgan fingerprint density at radius 3 is 2.83 bits per heavy atom. The molecule has 0 amide bonds. The predicted octanol–water partition coefficient (Wildman–Crippen LogP) is 1.45. The summed E-state index contributed by atoms with van der Waals surface area (Å²) in [7, 11) is -4.17. The fourth-order valence-electron chi connectivity index (χ4n) is 3.90. The Kier molecular flexibility index (Phi) is 6.77. The maximum Gasteiger partial charge on any atom is 0.459 e. The van der Waals surface area contributed by atoms with Crippen LogP contribution < -0.4 is 20.9 Å². The van der Waals surface area contributed by atoms with Crippen LogP contribution in [0.15, 0.2) is 53.6 Å². The molecule has 35 heavy (non-hydrogen) atoms. The van der Waals surface area contributed by atoms with E-state index in [-0.39, 0.29) is 35.9 Å². The van der Waals surface area contributed by atoms with Crippen molar-refractivity contribution in [3.05, 3.63) is 59.2 Å². The second-order valence-corrected chi connectivity index (χ2v) is 9.86. The maximum atomic E-state index is 13.4. The first-order valence-electron chi connectivity index (χ1n) is 10.7. The molecular formula is C21H25N6O7P. The highest BCUT2D eigenvalue weighted by Crippen LogP contribution is 2.48. The number of aromatic amines is 1. The number of aliphatic hydroxyl groups is 1. The maximum absolute atomic E-state index is 13.4. The number of H-pyrrole nitrogens is 1. The molecule has 1 aromatic carbocycles. The molecule has 1 aliphatic carbocycles. The summed E-state index contributed by atoms with van der Waals surface area (Å²) in [4.78, 5) is 34.0. The minimum absolute atomic E-state index is 0.0779. The van der Waals surface area contributed by atoms with Gasteiger partial charge in [0.05, 0.1) is 25.1 Å². The van der Waals surface area contributed by atoms with Gasteiger partial charge in [-0.2, -0.15) is 10.1 Å². The number of carboxylic acid groups (broad SMARTS) is 1. The van der Waals surface area contributed by atoms with Crippen molar-refractivity contribution >= 4 is 30.8 Å². The summed E-state index contributed by atoms with van der Waals surface area (Å²) in [5, 5.41) is 22.4. The number of anilines is 1. The quantitative estimate of drug-likeness (QED) is 0.209. The number of rotatable bonds is 9. The van der Waals surface area contributed by atoms with E-state index in [4.69, 9.17) is 14.8 Å². The van der Waals surface area contributed by atoms with Crippen molar-refractivity contribution in [1.29, 1.82) is 0 Å². The van der Waals surface area contributed by atoms with Gasteiger partial charge in [0, 0.05) is 5.92 Å². The average Bonchev–Trinajstić information content (AvgIpc) is 3.33. The second-order valence-electron chi connectivity index (χ2n) is 8.16. The van der Waals surface area contributed by atoms with Crippen LogP contribution in [0.2, 0.25) is 0 Å². The van der Waals surface area contributed by atoms with E-state index in [2.05, 4.69) is 26.6 Å². The van der Waals surface area contributed by atoms with Crippen LogP contribution in [0.5, 0.6) is 5.75 Å². The lowest BCUT2D eigenvalue weighted by molar-refractivity contribution is -0.138. The lowest BCUT2D eigenvalue weighted by atomic mass is 10.0. The van der Waals surface area contributed by atoms with E-state index in [1.165, 1.54) is 13.3 Å². The van der Waals surface area contributed by atoms with Crippen LogP contribution in [-0.2, 0) is 13.9 Å². The van der Waals surface area contributed by atoms with Gasteiger partial charge in [-0.15, -0.1) is 0 Å². The highest BCUT2D eigenvalue weighted by molar-refractivity contribution is 7.52. The number of nitrogens with zero attached hydrogens (tertiary/aromatic N) is 3. The lowest BCUT2D eigenvalue weighted by Gasteiger charge is -2.24. The molecule has 0 aliphatic heterocycles. The average molecular weight is 504 g/mol. The Morgan fingerprint density at radius 2 is 2.14 bits per heavy atom. The molecule has 2 aromatic heterocycles. The van der Waals surface area contributed by atoms with Crippen molar-refractivity contribution in [2.45, 2.75) is 31.5 Å². The molecule has 14 heteroatoms. The van der Waals surface area contributed by atoms with Gasteiger partial charge in [-0.3, -0.25) is 19.1 Å². The summed E-state index contributed by atoms with van der Waals surface area (Å²) in [6, 6.07) is 6.43. The Labute approximate surface area is 199 Å². The molecule has 0 bridgehead atoms. The van der Waals surface area contributed by atoms with E-state index in [0.717, 1.165) is 0 Å². The molecule has 5 atom stereocenters. The third kappa shape index (κ3) is 5.13. The monoisotopic (exact) mass is 504 g/mol. The number of carboxylic acids is 1. The lowest BCUT2D eigenvalue weighted by Crippen LogP contribution is -2.34. The van der Waals surface area contributed by atoms with Gasteiger partial charge in [0.1, 0.15) is 11.8 Å². The van der Waals surface area contributed by atoms with Gasteiger partial charge in [-0.25, -0.2) is 9.55 Å². The number of aliphatic carboxylic acids is 1. The van der Waals surface area contributed by atoms with Crippen molar-refractivity contribution < 1.29 is 28.6 Å². The number of para-hydroxylation sites is 1. The van der Waals surface area contributed by atoms with E-state index >= 15 is 0 Å². The van der Waals surface area contributed by atoms with Crippen LogP contribution >= 0.6 is 7.75 Å². The van der Waals surface area contributed by atoms with E-state index in [0.29, 0.717) is 5.57 Å². The summed E-state index contributed by atoms with van der Waals surface area (Å²) in [5.74, 6) is -1.79. The zero-order valence-electron chi connectivity index (χ0n) is 18.7. The SMILES string of the molecule is C=C1[C@H](COP(=O)(N[C@@H](C)C(=O)O)Oc2ccccc2)[C@@H](O)C[C@@H]1n1cnc2c(=O)[nH]c(N)nc21. The van der Waals surface area contributed by atoms with E-state index in [9.17, 15) is 24.4 Å². The number of benzene rings is 1. The van der Waals surface area contributed by atoms with E-state index in [1.807, 2.05) is 0 Å². The minimum Gasteiger partial charge on any atom is -0.480 e. The highest BCUT2D eigenvalue weighted by Gasteiger charge is 2.41. The fraction of sp³-hybridized carbons (Fsp3) is 0.333. The Morgan fingerprint density at radius 1 is 1.43 bits per heavy atom. The summed E-state index contributed by atoms with van der Waals surface area (Å²) in [6.07, 6.45) is 0.680. The third-order valence-corrected chi connectivity index (χ3v) is 7.38. The van der Waals surface area contributed by atoms with Crippen molar-refractivity contribution in [3.8, 4) is 5.75 Å². The molecule has 1 aliphatic rings. The number of aromatic nitrogens is 4. The number of nitrogens with one attached hydrogen (secondary N) is 2. The number of fused-ring (bicyclic) bond motifs is 1. The number of hydrogen-bond donors (Lipinski definition) is 5. The number of nitrogens with two attached hydrogens (primary N) is 1. The molecule has 1 fully saturated rings. The van der Waals surface area contributed by atoms with Gasteiger partial charge in [-0.1, -0.05) is 24.8 Å². The van der Waals surface area contributed by atoms with Crippen LogP contribution in [0.1, 0.15) is 19.4 Å². The second kappa shape index (κ2) is 9.62. The molecule has 0 saturated heterocycles. The summed E-state index contributed by atoms with van der Waals surface area (Å²) < 4.78 is 26.1. The smallest absolute Gasteiger partial charge is 0.459 e. The van der Waals surface area contributed by atoms with Gasteiger partial charge in [0.25, 0.3) is 5.56 Å². The molecule has 1 unspecified atom stereocenters. The summed E-state index contributed by atoms with van der Waals surface area (Å²) in [6.45, 7) is 5.10. The van der Waals surface area contributed by atoms with E-state index < -0.39 is 43.4 Å². The minimum atomic E-state index is -4.17. The van der Waals surface area contributed by atoms with Crippen LogP contribution in [-0.4, -0.2) is 54.5 Å². The number of carbonyl (C=O) groups is 1. The number of imidazole rings is 1. The van der Waals surface area contributed by atoms with Gasteiger partial charge in [0.2, 0.25) is 5.95 Å². The topological polar surface area (TPSA) is 195 Å². The molecule has 0 radical (unpaired) electrons. The summed E-state index contributed by atoms with van der Waals surface area (Å²) in [5.41, 5.74) is 6.03. The van der Waals surface area contributed by atoms with Crippen LogP contribution in [0, 0.1) is 5.92 Å². The van der Waals surface area contributed by atoms with Crippen molar-refractivity contribution in [2.24, 2.45) is 5.92 Å². The standard InChI is InChI=1S/C21H25N6O7P/c1-11-14(9-33-35(32,26-12(2)20(30)31)34-13-6-4-3-5-7-13)16(28)8-15(11)27-10-23-17-18(27)24-21(22)25-19(17)29/h3-7,10,12,14-16,28H,1,8-9H2,2H3,(H,26,32)(H,30,31)(H3,22,24,25,29)/t12-,14-,15-,16-,35?/m0/s1. The van der Waals surface area contributed by atoms with Crippen molar-refractivity contribution in [2.75, 3.05) is 12.3 Å². The van der Waals surface area contributed by atoms with E-state index in [1.54, 1.807) is 34.9 Å². The van der Waals surface area contributed by atoms with Crippen molar-refractivity contribution in [3.63, 3.8) is 0 Å². The molecule has 1 saturated carbocycles. The predicted molar refractivity (Wildman–Crippen MR) is 126 cm³/mol. The number of hydrogen-bond acceptors (Lipinski definition) is 9. The number of nitrogen functional groups attached to an aromatic ring is 1. The Bertz CT molecular complexity index is 1360. The van der Waals surface area contributed by atoms with Crippen molar-refractivity contribution in [1.82, 2.24) is 24.6 Å². The summed E-state index contributed by atoms with van der Waals surface area (Å²) >= 11 is 0. The molecule has 2 heterocycles. The normalized spacial score (nSPS) is 22.7. The van der Waals surface area contributed by atoms with Crippen LogP contribution in [0.3, 0.4) is 0 Å². The number of aliphatic hydroxyl groups excluding tert-OH is 1.